The van der Waals surface area contributed by atoms with Gasteiger partial charge >= 0.3 is 0 Å². The first-order valence-electron chi connectivity index (χ1n) is 4.79. The molecule has 4 nitrogen and oxygen atoms in total. The Morgan fingerprint density at radius 2 is 2.43 bits per heavy atom. The van der Waals surface area contributed by atoms with Crippen LogP contribution in [0.3, 0.4) is 0 Å². The highest BCUT2D eigenvalue weighted by Crippen LogP contribution is 2.35. The van der Waals surface area contributed by atoms with Crippen molar-refractivity contribution in [1.29, 1.82) is 0 Å². The van der Waals surface area contributed by atoms with Crippen LogP contribution < -0.4 is 0 Å². The molecule has 14 heavy (non-hydrogen) atoms. The number of aryl methyl sites for hydroxylation is 1. The molecular formula is C10H14N2O2. The van der Waals surface area contributed by atoms with E-state index in [1.165, 1.54) is 0 Å². The number of ether oxygens (including phenoxy) is 1. The second-order valence-corrected chi connectivity index (χ2v) is 3.73. The van der Waals surface area contributed by atoms with Gasteiger partial charge in [-0.1, -0.05) is 0 Å². The molecule has 1 aliphatic rings. The molecule has 0 aromatic carbocycles. The molecule has 1 aromatic heterocycles. The van der Waals surface area contributed by atoms with E-state index in [0.717, 1.165) is 12.8 Å². The lowest BCUT2D eigenvalue weighted by Crippen LogP contribution is -2.25. The first kappa shape index (κ1) is 9.40. The summed E-state index contributed by atoms with van der Waals surface area (Å²) in [6.45, 7) is 0. The topological polar surface area (TPSA) is 44.1 Å². The molecule has 1 heterocycles. The van der Waals surface area contributed by atoms with Gasteiger partial charge in [0, 0.05) is 20.4 Å². The lowest BCUT2D eigenvalue weighted by molar-refractivity contribution is 0.0534. The van der Waals surface area contributed by atoms with Crippen LogP contribution in [0.2, 0.25) is 0 Å². The maximum absolute atomic E-state index is 11.9. The largest absolute Gasteiger partial charge is 0.373 e. The van der Waals surface area contributed by atoms with Crippen molar-refractivity contribution in [3.05, 3.63) is 18.0 Å². The second-order valence-electron chi connectivity index (χ2n) is 3.73. The first-order valence-corrected chi connectivity index (χ1v) is 4.79. The van der Waals surface area contributed by atoms with E-state index in [2.05, 4.69) is 5.10 Å². The summed E-state index contributed by atoms with van der Waals surface area (Å²) in [5, 5.41) is 4.08. The summed E-state index contributed by atoms with van der Waals surface area (Å²) in [6.07, 6.45) is 3.67. The fourth-order valence-corrected chi connectivity index (χ4v) is 1.60. The van der Waals surface area contributed by atoms with E-state index in [9.17, 15) is 4.79 Å². The lowest BCUT2D eigenvalue weighted by Gasteiger charge is -2.10. The standard InChI is InChI=1S/C10H14N2O2/c1-12-6-5-8(11-12)9(13)10(14-2)7-3-4-7/h5-7,10H,3-4H2,1-2H3. The quantitative estimate of drug-likeness (QED) is 0.672. The van der Waals surface area contributed by atoms with Gasteiger partial charge in [0.15, 0.2) is 0 Å². The molecule has 4 heteroatoms. The van der Waals surface area contributed by atoms with Crippen molar-refractivity contribution in [1.82, 2.24) is 9.78 Å². The third kappa shape index (κ3) is 1.70. The number of hydrogen-bond acceptors (Lipinski definition) is 3. The van der Waals surface area contributed by atoms with Gasteiger partial charge in [-0.05, 0) is 24.8 Å². The van der Waals surface area contributed by atoms with Crippen LogP contribution in [-0.4, -0.2) is 28.8 Å². The van der Waals surface area contributed by atoms with Gasteiger partial charge in [0.05, 0.1) is 0 Å². The van der Waals surface area contributed by atoms with Crippen molar-refractivity contribution in [2.24, 2.45) is 13.0 Å². The molecule has 1 atom stereocenters. The fourth-order valence-electron chi connectivity index (χ4n) is 1.60. The van der Waals surface area contributed by atoms with E-state index >= 15 is 0 Å². The van der Waals surface area contributed by atoms with Crippen LogP contribution in [0.15, 0.2) is 12.3 Å². The molecule has 1 saturated carbocycles. The minimum Gasteiger partial charge on any atom is -0.373 e. The Balaban J connectivity index is 2.13. The molecule has 1 fully saturated rings. The number of hydrogen-bond donors (Lipinski definition) is 0. The minimum atomic E-state index is -0.287. The van der Waals surface area contributed by atoms with Gasteiger partial charge in [-0.3, -0.25) is 9.48 Å². The van der Waals surface area contributed by atoms with Crippen LogP contribution in [-0.2, 0) is 11.8 Å². The molecule has 76 valence electrons. The van der Waals surface area contributed by atoms with Crippen LogP contribution in [0.1, 0.15) is 23.3 Å². The van der Waals surface area contributed by atoms with E-state index < -0.39 is 0 Å². The van der Waals surface area contributed by atoms with E-state index in [0.29, 0.717) is 11.6 Å². The zero-order chi connectivity index (χ0) is 10.1. The summed E-state index contributed by atoms with van der Waals surface area (Å²) in [6, 6.07) is 1.73. The van der Waals surface area contributed by atoms with Gasteiger partial charge in [0.1, 0.15) is 11.8 Å². The Bertz CT molecular complexity index is 342. The van der Waals surface area contributed by atoms with Crippen LogP contribution in [0.5, 0.6) is 0 Å². The van der Waals surface area contributed by atoms with Gasteiger partial charge in [-0.25, -0.2) is 0 Å². The Labute approximate surface area is 82.9 Å². The van der Waals surface area contributed by atoms with Crippen LogP contribution in [0.4, 0.5) is 0 Å². The predicted molar refractivity (Wildman–Crippen MR) is 51.1 cm³/mol. The number of nitrogens with zero attached hydrogens (tertiary/aromatic N) is 2. The Hall–Kier alpha value is -1.16. The van der Waals surface area contributed by atoms with Crippen LogP contribution in [0.25, 0.3) is 0 Å². The Morgan fingerprint density at radius 1 is 1.71 bits per heavy atom. The summed E-state index contributed by atoms with van der Waals surface area (Å²) in [4.78, 5) is 11.9. The van der Waals surface area contributed by atoms with Crippen molar-refractivity contribution >= 4 is 5.78 Å². The number of aromatic nitrogens is 2. The summed E-state index contributed by atoms with van der Waals surface area (Å²) in [5.74, 6) is 0.421. The summed E-state index contributed by atoms with van der Waals surface area (Å²) < 4.78 is 6.83. The molecule has 0 saturated heterocycles. The number of methoxy groups -OCH3 is 1. The van der Waals surface area contributed by atoms with Gasteiger partial charge in [-0.2, -0.15) is 5.10 Å². The molecular weight excluding hydrogens is 180 g/mol. The number of Topliss-reactive ketones (excluding diaryl/α,β-unsaturated/α-hetero) is 1. The molecule has 0 radical (unpaired) electrons. The fraction of sp³-hybridized carbons (Fsp3) is 0.600. The zero-order valence-corrected chi connectivity index (χ0v) is 8.43. The van der Waals surface area contributed by atoms with Crippen molar-refractivity contribution in [3.63, 3.8) is 0 Å². The molecule has 1 aliphatic carbocycles. The Kier molecular flexibility index (Phi) is 2.37. The number of ketones is 1. The highest BCUT2D eigenvalue weighted by Gasteiger charge is 2.37. The third-order valence-corrected chi connectivity index (χ3v) is 2.53. The Morgan fingerprint density at radius 3 is 2.86 bits per heavy atom. The minimum absolute atomic E-state index is 0.00981. The highest BCUT2D eigenvalue weighted by molar-refractivity contribution is 5.98. The maximum Gasteiger partial charge on any atom is 0.211 e. The molecule has 0 amide bonds. The molecule has 2 rings (SSSR count). The van der Waals surface area contributed by atoms with Crippen molar-refractivity contribution in [2.45, 2.75) is 18.9 Å². The number of rotatable bonds is 4. The van der Waals surface area contributed by atoms with Gasteiger partial charge in [0.2, 0.25) is 5.78 Å². The normalized spacial score (nSPS) is 18.1. The van der Waals surface area contributed by atoms with Gasteiger partial charge in [0.25, 0.3) is 0 Å². The molecule has 1 unspecified atom stereocenters. The SMILES string of the molecule is COC(C(=O)c1ccn(C)n1)C1CC1. The molecule has 0 aliphatic heterocycles. The van der Waals surface area contributed by atoms with E-state index in [-0.39, 0.29) is 11.9 Å². The zero-order valence-electron chi connectivity index (χ0n) is 8.43. The predicted octanol–water partition coefficient (Wildman–Crippen LogP) is 1.03. The third-order valence-electron chi connectivity index (χ3n) is 2.53. The summed E-state index contributed by atoms with van der Waals surface area (Å²) >= 11 is 0. The lowest BCUT2D eigenvalue weighted by atomic mass is 10.1. The first-order chi connectivity index (χ1) is 6.72. The molecule has 0 N–H and O–H groups in total. The average molecular weight is 194 g/mol. The molecule has 1 aromatic rings. The number of carbonyl (C=O) groups is 1. The smallest absolute Gasteiger partial charge is 0.211 e. The summed E-state index contributed by atoms with van der Waals surface area (Å²) in [5.41, 5.74) is 0.506. The second kappa shape index (κ2) is 3.53. The summed E-state index contributed by atoms with van der Waals surface area (Å²) in [7, 11) is 3.39. The van der Waals surface area contributed by atoms with Gasteiger partial charge in [-0.15, -0.1) is 0 Å². The van der Waals surface area contributed by atoms with E-state index in [1.54, 1.807) is 31.1 Å². The molecule has 0 bridgehead atoms. The van der Waals surface area contributed by atoms with Crippen molar-refractivity contribution < 1.29 is 9.53 Å². The molecule has 0 spiro atoms. The van der Waals surface area contributed by atoms with E-state index in [1.807, 2.05) is 0 Å². The van der Waals surface area contributed by atoms with Crippen LogP contribution in [0, 0.1) is 5.92 Å². The van der Waals surface area contributed by atoms with Crippen molar-refractivity contribution in [3.8, 4) is 0 Å². The average Bonchev–Trinajstić information content (AvgIpc) is 2.90. The van der Waals surface area contributed by atoms with E-state index in [4.69, 9.17) is 4.74 Å². The maximum atomic E-state index is 11.9. The van der Waals surface area contributed by atoms with Crippen molar-refractivity contribution in [2.75, 3.05) is 7.11 Å². The number of carbonyl (C=O) groups excluding carboxylic acids is 1. The monoisotopic (exact) mass is 194 g/mol. The van der Waals surface area contributed by atoms with Crippen LogP contribution >= 0.6 is 0 Å². The van der Waals surface area contributed by atoms with Gasteiger partial charge < -0.3 is 4.74 Å². The highest BCUT2D eigenvalue weighted by atomic mass is 16.5.